The van der Waals surface area contributed by atoms with Crippen LogP contribution in [0.3, 0.4) is 0 Å². The van der Waals surface area contributed by atoms with E-state index in [4.69, 9.17) is 4.74 Å². The number of anilines is 1. The van der Waals surface area contributed by atoms with Gasteiger partial charge in [-0.05, 0) is 55.7 Å². The van der Waals surface area contributed by atoms with E-state index >= 15 is 0 Å². The first-order valence-corrected chi connectivity index (χ1v) is 16.5. The molecular formula is C33H42FN3O5S. The fraction of sp³-hybridized carbons (Fsp3) is 0.394. The van der Waals surface area contributed by atoms with Gasteiger partial charge in [0, 0.05) is 38.0 Å². The zero-order chi connectivity index (χ0) is 31.2. The maximum atomic E-state index is 14.8. The topological polar surface area (TPSA) is 96.0 Å². The number of benzene rings is 3. The van der Waals surface area contributed by atoms with Gasteiger partial charge in [0.25, 0.3) is 0 Å². The number of hydrogen-bond acceptors (Lipinski definition) is 5. The molecule has 1 atom stereocenters. The lowest BCUT2D eigenvalue weighted by atomic mass is 10.0. The van der Waals surface area contributed by atoms with Gasteiger partial charge in [0.1, 0.15) is 17.6 Å². The number of carbonyl (C=O) groups excluding carboxylic acids is 2. The quantitative estimate of drug-likeness (QED) is 0.208. The molecule has 0 aliphatic rings. The molecule has 1 N–H and O–H groups in total. The van der Waals surface area contributed by atoms with Crippen LogP contribution in [0, 0.1) is 5.82 Å². The van der Waals surface area contributed by atoms with Crippen molar-refractivity contribution >= 4 is 27.5 Å². The molecule has 0 aromatic heterocycles. The second-order valence-corrected chi connectivity index (χ2v) is 12.2. The van der Waals surface area contributed by atoms with Gasteiger partial charge in [0.2, 0.25) is 21.8 Å². The Bertz CT molecular complexity index is 1420. The predicted molar refractivity (Wildman–Crippen MR) is 168 cm³/mol. The summed E-state index contributed by atoms with van der Waals surface area (Å²) in [7, 11) is -3.64. The SMILES string of the molecule is CCCCNC(=O)[C@H](Cc1ccccc1)N(Cc1ccccc1F)C(=O)CCCN(c1ccc(OCC)cc1)S(C)(=O)=O. The van der Waals surface area contributed by atoms with Crippen LogP contribution in [0.25, 0.3) is 0 Å². The molecule has 0 bridgehead atoms. The van der Waals surface area contributed by atoms with Gasteiger partial charge in [-0.15, -0.1) is 0 Å². The van der Waals surface area contributed by atoms with Crippen molar-refractivity contribution < 1.29 is 27.1 Å². The average Bonchev–Trinajstić information content (AvgIpc) is 2.98. The number of nitrogens with one attached hydrogen (secondary N) is 1. The third-order valence-corrected chi connectivity index (χ3v) is 8.18. The highest BCUT2D eigenvalue weighted by atomic mass is 32.2. The van der Waals surface area contributed by atoms with Crippen LogP contribution in [0.15, 0.2) is 78.9 Å². The minimum atomic E-state index is -3.64. The highest BCUT2D eigenvalue weighted by Gasteiger charge is 2.31. The molecule has 43 heavy (non-hydrogen) atoms. The molecule has 0 spiro atoms. The molecule has 3 aromatic carbocycles. The van der Waals surface area contributed by atoms with Crippen LogP contribution >= 0.6 is 0 Å². The van der Waals surface area contributed by atoms with Gasteiger partial charge in [-0.2, -0.15) is 0 Å². The van der Waals surface area contributed by atoms with Crippen LogP contribution in [0.2, 0.25) is 0 Å². The molecule has 3 rings (SSSR count). The van der Waals surface area contributed by atoms with Gasteiger partial charge in [0.05, 0.1) is 18.6 Å². The summed E-state index contributed by atoms with van der Waals surface area (Å²) < 4.78 is 46.8. The van der Waals surface area contributed by atoms with Crippen LogP contribution in [0.5, 0.6) is 5.75 Å². The standard InChI is InChI=1S/C33H42FN3O5S/c1-4-6-22-35-33(39)31(24-26-13-8-7-9-14-26)36(25-27-15-10-11-16-30(27)34)32(38)17-12-23-37(43(3,40)41)28-18-20-29(21-19-28)42-5-2/h7-11,13-16,18-21,31H,4-6,12,17,22-25H2,1-3H3,(H,35,39)/t31-/m0/s1. The summed E-state index contributed by atoms with van der Waals surface area (Å²) in [5, 5.41) is 2.94. The van der Waals surface area contributed by atoms with Crippen LogP contribution in [0.1, 0.15) is 50.7 Å². The fourth-order valence-corrected chi connectivity index (χ4v) is 5.71. The van der Waals surface area contributed by atoms with E-state index in [9.17, 15) is 22.4 Å². The molecule has 0 saturated carbocycles. The summed E-state index contributed by atoms with van der Waals surface area (Å²) in [5.41, 5.74) is 1.62. The summed E-state index contributed by atoms with van der Waals surface area (Å²) >= 11 is 0. The Morgan fingerprint density at radius 2 is 1.60 bits per heavy atom. The zero-order valence-electron chi connectivity index (χ0n) is 25.2. The van der Waals surface area contributed by atoms with E-state index in [-0.39, 0.29) is 44.2 Å². The Morgan fingerprint density at radius 1 is 0.930 bits per heavy atom. The molecule has 232 valence electrons. The number of unbranched alkanes of at least 4 members (excludes halogenated alkanes) is 1. The number of amides is 2. The molecule has 0 saturated heterocycles. The first kappa shape index (κ1) is 33.6. The van der Waals surface area contributed by atoms with E-state index in [0.717, 1.165) is 24.7 Å². The number of hydrogen-bond donors (Lipinski definition) is 1. The van der Waals surface area contributed by atoms with E-state index < -0.39 is 21.9 Å². The van der Waals surface area contributed by atoms with E-state index in [0.29, 0.717) is 30.2 Å². The minimum Gasteiger partial charge on any atom is -0.494 e. The van der Waals surface area contributed by atoms with E-state index in [2.05, 4.69) is 5.32 Å². The zero-order valence-corrected chi connectivity index (χ0v) is 26.0. The number of rotatable bonds is 17. The van der Waals surface area contributed by atoms with E-state index in [1.54, 1.807) is 42.5 Å². The van der Waals surface area contributed by atoms with Gasteiger partial charge >= 0.3 is 0 Å². The highest BCUT2D eigenvalue weighted by molar-refractivity contribution is 7.92. The molecule has 0 heterocycles. The Labute approximate surface area is 254 Å². The third kappa shape index (κ3) is 10.4. The average molecular weight is 612 g/mol. The number of ether oxygens (including phenoxy) is 1. The smallest absolute Gasteiger partial charge is 0.243 e. The van der Waals surface area contributed by atoms with Gasteiger partial charge in [-0.25, -0.2) is 12.8 Å². The predicted octanol–water partition coefficient (Wildman–Crippen LogP) is 5.33. The largest absolute Gasteiger partial charge is 0.494 e. The molecule has 0 radical (unpaired) electrons. The molecule has 3 aromatic rings. The summed E-state index contributed by atoms with van der Waals surface area (Å²) in [6, 6.07) is 21.4. The molecule has 0 aliphatic carbocycles. The molecule has 0 aliphatic heterocycles. The highest BCUT2D eigenvalue weighted by Crippen LogP contribution is 2.23. The molecule has 8 nitrogen and oxygen atoms in total. The number of halogens is 1. The minimum absolute atomic E-state index is 0.0367. The molecular weight excluding hydrogens is 569 g/mol. The Balaban J connectivity index is 1.86. The van der Waals surface area contributed by atoms with Crippen molar-refractivity contribution in [1.82, 2.24) is 10.2 Å². The second-order valence-electron chi connectivity index (χ2n) is 10.3. The molecule has 10 heteroatoms. The van der Waals surface area contributed by atoms with Gasteiger partial charge < -0.3 is 15.0 Å². The third-order valence-electron chi connectivity index (χ3n) is 6.99. The molecule has 0 fully saturated rings. The van der Waals surface area contributed by atoms with Gasteiger partial charge in [-0.3, -0.25) is 13.9 Å². The van der Waals surface area contributed by atoms with Crippen LogP contribution < -0.4 is 14.4 Å². The lowest BCUT2D eigenvalue weighted by molar-refractivity contribution is -0.141. The van der Waals surface area contributed by atoms with Gasteiger partial charge in [0.15, 0.2) is 0 Å². The number of carbonyl (C=O) groups is 2. The first-order valence-electron chi connectivity index (χ1n) is 14.7. The lowest BCUT2D eigenvalue weighted by Gasteiger charge is -2.32. The number of nitrogens with zero attached hydrogens (tertiary/aromatic N) is 2. The lowest BCUT2D eigenvalue weighted by Crippen LogP contribution is -2.50. The maximum absolute atomic E-state index is 14.8. The van der Waals surface area contributed by atoms with Crippen molar-refractivity contribution in [1.29, 1.82) is 0 Å². The second kappa shape index (κ2) is 16.6. The normalized spacial score (nSPS) is 11.9. The fourth-order valence-electron chi connectivity index (χ4n) is 4.75. The monoisotopic (exact) mass is 611 g/mol. The van der Waals surface area contributed by atoms with E-state index in [1.807, 2.05) is 44.2 Å². The van der Waals surface area contributed by atoms with Crippen LogP contribution in [-0.4, -0.2) is 57.1 Å². The summed E-state index contributed by atoms with van der Waals surface area (Å²) in [6.07, 6.45) is 3.21. The Morgan fingerprint density at radius 3 is 2.23 bits per heavy atom. The molecule has 2 amide bonds. The summed E-state index contributed by atoms with van der Waals surface area (Å²) in [4.78, 5) is 28.8. The van der Waals surface area contributed by atoms with Gasteiger partial charge in [-0.1, -0.05) is 61.9 Å². The first-order chi connectivity index (χ1) is 20.6. The van der Waals surface area contributed by atoms with Crippen LogP contribution in [-0.2, 0) is 32.6 Å². The van der Waals surface area contributed by atoms with E-state index in [1.165, 1.54) is 15.3 Å². The maximum Gasteiger partial charge on any atom is 0.243 e. The summed E-state index contributed by atoms with van der Waals surface area (Å²) in [6.45, 7) is 4.80. The van der Waals surface area contributed by atoms with Crippen molar-refractivity contribution in [3.05, 3.63) is 95.8 Å². The van der Waals surface area contributed by atoms with Crippen molar-refractivity contribution in [2.45, 2.75) is 58.5 Å². The Hall–Kier alpha value is -3.92. The van der Waals surface area contributed by atoms with Crippen molar-refractivity contribution in [3.8, 4) is 5.75 Å². The summed E-state index contributed by atoms with van der Waals surface area (Å²) in [5.74, 6) is -0.520. The van der Waals surface area contributed by atoms with Crippen molar-refractivity contribution in [3.63, 3.8) is 0 Å². The van der Waals surface area contributed by atoms with Crippen molar-refractivity contribution in [2.24, 2.45) is 0 Å². The number of sulfonamides is 1. The molecule has 0 unspecified atom stereocenters. The Kier molecular flexibility index (Phi) is 13.0. The van der Waals surface area contributed by atoms with Crippen LogP contribution in [0.4, 0.5) is 10.1 Å². The van der Waals surface area contributed by atoms with Crippen molar-refractivity contribution in [2.75, 3.05) is 30.3 Å².